The zero-order valence-corrected chi connectivity index (χ0v) is 8.25. The molecule has 0 aromatic heterocycles. The Balaban J connectivity index is 2.16. The lowest BCUT2D eigenvalue weighted by Crippen LogP contribution is -2.16. The van der Waals surface area contributed by atoms with Crippen LogP contribution in [0.3, 0.4) is 0 Å². The molecule has 0 saturated carbocycles. The molecule has 0 aromatic carbocycles. The third-order valence-electron chi connectivity index (χ3n) is 2.42. The number of hydrogen-bond acceptors (Lipinski definition) is 2. The van der Waals surface area contributed by atoms with Crippen LogP contribution >= 0.6 is 0 Å². The summed E-state index contributed by atoms with van der Waals surface area (Å²) in [5, 5.41) is 0. The van der Waals surface area contributed by atoms with E-state index in [1.165, 1.54) is 19.3 Å². The molecular weight excluding hydrogens is 150 g/mol. The Kier molecular flexibility index (Phi) is 4.02. The summed E-state index contributed by atoms with van der Waals surface area (Å²) in [4.78, 5) is 0. The molecule has 2 atom stereocenters. The smallest absolute Gasteiger partial charge is 0.0591 e. The molecule has 0 aromatic rings. The van der Waals surface area contributed by atoms with Crippen molar-refractivity contribution in [1.29, 1.82) is 0 Å². The topological polar surface area (TPSA) is 35.2 Å². The number of ether oxygens (including phenoxy) is 1. The summed E-state index contributed by atoms with van der Waals surface area (Å²) >= 11 is 0. The Morgan fingerprint density at radius 1 is 1.33 bits per heavy atom. The Hall–Kier alpha value is -0.0800. The Bertz CT molecular complexity index is 125. The number of hydrogen-bond donors (Lipinski definition) is 1. The summed E-state index contributed by atoms with van der Waals surface area (Å²) in [7, 11) is 0. The first-order valence-electron chi connectivity index (χ1n) is 5.08. The molecule has 1 aliphatic heterocycles. The molecule has 2 unspecified atom stereocenters. The lowest BCUT2D eigenvalue weighted by molar-refractivity contribution is 0.0311. The minimum absolute atomic E-state index is 0.457. The van der Waals surface area contributed by atoms with Crippen molar-refractivity contribution < 1.29 is 4.74 Å². The molecule has 1 saturated heterocycles. The third-order valence-corrected chi connectivity index (χ3v) is 2.42. The molecule has 1 heterocycles. The summed E-state index contributed by atoms with van der Waals surface area (Å²) in [5.74, 6) is 0.756. The average Bonchev–Trinajstić information content (AvgIpc) is 2.36. The highest BCUT2D eigenvalue weighted by molar-refractivity contribution is 4.74. The van der Waals surface area contributed by atoms with Crippen molar-refractivity contribution in [2.75, 3.05) is 6.54 Å². The van der Waals surface area contributed by atoms with Crippen molar-refractivity contribution in [2.45, 2.75) is 51.7 Å². The Morgan fingerprint density at radius 3 is 2.58 bits per heavy atom. The zero-order chi connectivity index (χ0) is 8.97. The molecule has 1 fully saturated rings. The van der Waals surface area contributed by atoms with Gasteiger partial charge in [-0.25, -0.2) is 0 Å². The van der Waals surface area contributed by atoms with Crippen molar-refractivity contribution in [3.63, 3.8) is 0 Å². The van der Waals surface area contributed by atoms with E-state index < -0.39 is 0 Å². The van der Waals surface area contributed by atoms with E-state index in [2.05, 4.69) is 13.8 Å². The average molecular weight is 171 g/mol. The van der Waals surface area contributed by atoms with Gasteiger partial charge in [0.2, 0.25) is 0 Å². The van der Waals surface area contributed by atoms with Gasteiger partial charge < -0.3 is 10.5 Å². The molecule has 0 spiro atoms. The highest BCUT2D eigenvalue weighted by Crippen LogP contribution is 2.25. The van der Waals surface area contributed by atoms with Gasteiger partial charge in [0, 0.05) is 0 Å². The van der Waals surface area contributed by atoms with Crippen molar-refractivity contribution >= 4 is 0 Å². The molecule has 2 N–H and O–H groups in total. The number of rotatable bonds is 4. The fraction of sp³-hybridized carbons (Fsp3) is 1.00. The van der Waals surface area contributed by atoms with Crippen LogP contribution < -0.4 is 5.73 Å². The predicted octanol–water partition coefficient (Wildman–Crippen LogP) is 1.93. The quantitative estimate of drug-likeness (QED) is 0.701. The molecule has 1 rings (SSSR count). The fourth-order valence-electron chi connectivity index (χ4n) is 1.88. The standard InChI is InChI=1S/C10H21NO/c1-8(2)7-10-4-3-9(12-10)5-6-11/h8-10H,3-7,11H2,1-2H3. The van der Waals surface area contributed by atoms with Crippen molar-refractivity contribution in [1.82, 2.24) is 0 Å². The summed E-state index contributed by atoms with van der Waals surface area (Å²) in [6.45, 7) is 5.26. The first kappa shape index (κ1) is 10.0. The monoisotopic (exact) mass is 171 g/mol. The van der Waals surface area contributed by atoms with Crippen molar-refractivity contribution in [2.24, 2.45) is 11.7 Å². The van der Waals surface area contributed by atoms with Gasteiger partial charge in [-0.1, -0.05) is 13.8 Å². The van der Waals surface area contributed by atoms with E-state index in [0.29, 0.717) is 12.2 Å². The van der Waals surface area contributed by atoms with Gasteiger partial charge in [0.1, 0.15) is 0 Å². The summed E-state index contributed by atoms with van der Waals surface area (Å²) in [5.41, 5.74) is 5.48. The number of nitrogens with two attached hydrogens (primary N) is 1. The van der Waals surface area contributed by atoms with Crippen LogP contribution in [0.4, 0.5) is 0 Å². The van der Waals surface area contributed by atoms with Crippen LogP contribution in [-0.2, 0) is 4.74 Å². The second-order valence-corrected chi connectivity index (χ2v) is 4.16. The van der Waals surface area contributed by atoms with Gasteiger partial charge in [0.15, 0.2) is 0 Å². The van der Waals surface area contributed by atoms with E-state index >= 15 is 0 Å². The van der Waals surface area contributed by atoms with E-state index in [0.717, 1.165) is 18.9 Å². The van der Waals surface area contributed by atoms with Crippen LogP contribution in [0.2, 0.25) is 0 Å². The normalized spacial score (nSPS) is 30.0. The Morgan fingerprint density at radius 2 is 2.00 bits per heavy atom. The molecule has 0 aliphatic carbocycles. The maximum absolute atomic E-state index is 5.83. The minimum atomic E-state index is 0.457. The van der Waals surface area contributed by atoms with Crippen LogP contribution in [0.5, 0.6) is 0 Å². The van der Waals surface area contributed by atoms with E-state index in [9.17, 15) is 0 Å². The molecule has 1 aliphatic rings. The van der Waals surface area contributed by atoms with Crippen molar-refractivity contribution in [3.8, 4) is 0 Å². The fourth-order valence-corrected chi connectivity index (χ4v) is 1.88. The van der Waals surface area contributed by atoms with Crippen LogP contribution in [0.15, 0.2) is 0 Å². The highest BCUT2D eigenvalue weighted by atomic mass is 16.5. The molecular formula is C10H21NO. The third kappa shape index (κ3) is 3.11. The molecule has 0 radical (unpaired) electrons. The summed E-state index contributed by atoms with van der Waals surface area (Å²) in [6, 6.07) is 0. The minimum Gasteiger partial charge on any atom is -0.375 e. The summed E-state index contributed by atoms with van der Waals surface area (Å²) in [6.07, 6.45) is 5.67. The summed E-state index contributed by atoms with van der Waals surface area (Å²) < 4.78 is 5.83. The van der Waals surface area contributed by atoms with Crippen LogP contribution in [0.25, 0.3) is 0 Å². The van der Waals surface area contributed by atoms with Gasteiger partial charge >= 0.3 is 0 Å². The largest absolute Gasteiger partial charge is 0.375 e. The lowest BCUT2D eigenvalue weighted by Gasteiger charge is -2.14. The van der Waals surface area contributed by atoms with Gasteiger partial charge in [-0.3, -0.25) is 0 Å². The lowest BCUT2D eigenvalue weighted by atomic mass is 10.0. The second-order valence-electron chi connectivity index (χ2n) is 4.16. The van der Waals surface area contributed by atoms with E-state index in [4.69, 9.17) is 10.5 Å². The SMILES string of the molecule is CC(C)CC1CCC(CCN)O1. The maximum Gasteiger partial charge on any atom is 0.0591 e. The second kappa shape index (κ2) is 4.83. The van der Waals surface area contributed by atoms with Crippen LogP contribution in [-0.4, -0.2) is 18.8 Å². The zero-order valence-electron chi connectivity index (χ0n) is 8.25. The maximum atomic E-state index is 5.83. The van der Waals surface area contributed by atoms with E-state index in [1.807, 2.05) is 0 Å². The van der Waals surface area contributed by atoms with E-state index in [1.54, 1.807) is 0 Å². The molecule has 0 bridgehead atoms. The highest BCUT2D eigenvalue weighted by Gasteiger charge is 2.24. The molecule has 12 heavy (non-hydrogen) atoms. The first-order chi connectivity index (χ1) is 5.72. The van der Waals surface area contributed by atoms with Gasteiger partial charge in [-0.15, -0.1) is 0 Å². The Labute approximate surface area is 75.5 Å². The predicted molar refractivity (Wildman–Crippen MR) is 51.0 cm³/mol. The van der Waals surface area contributed by atoms with Crippen molar-refractivity contribution in [3.05, 3.63) is 0 Å². The van der Waals surface area contributed by atoms with Gasteiger partial charge in [0.25, 0.3) is 0 Å². The van der Waals surface area contributed by atoms with Crippen LogP contribution in [0, 0.1) is 5.92 Å². The molecule has 72 valence electrons. The molecule has 0 amide bonds. The van der Waals surface area contributed by atoms with Gasteiger partial charge in [-0.05, 0) is 38.1 Å². The molecule has 2 heteroatoms. The first-order valence-corrected chi connectivity index (χ1v) is 5.08. The van der Waals surface area contributed by atoms with Crippen LogP contribution in [0.1, 0.15) is 39.5 Å². The van der Waals surface area contributed by atoms with Gasteiger partial charge in [-0.2, -0.15) is 0 Å². The van der Waals surface area contributed by atoms with Gasteiger partial charge in [0.05, 0.1) is 12.2 Å². The molecule has 2 nitrogen and oxygen atoms in total. The van der Waals surface area contributed by atoms with E-state index in [-0.39, 0.29) is 0 Å².